The molecule has 1 saturated carbocycles. The Morgan fingerprint density at radius 3 is 2.56 bits per heavy atom. The molecule has 0 radical (unpaired) electrons. The van der Waals surface area contributed by atoms with Gasteiger partial charge in [-0.15, -0.1) is 11.8 Å². The predicted molar refractivity (Wildman–Crippen MR) is 73.9 cm³/mol. The predicted octanol–water partition coefficient (Wildman–Crippen LogP) is 2.71. The Bertz CT molecular complexity index is 401. The number of hydrogen-bond donors (Lipinski definition) is 1. The van der Waals surface area contributed by atoms with Crippen LogP contribution in [-0.2, 0) is 11.3 Å². The van der Waals surface area contributed by atoms with Crippen molar-refractivity contribution in [1.82, 2.24) is 4.90 Å². The number of benzene rings is 1. The number of thioether (sulfide) groups is 1. The van der Waals surface area contributed by atoms with E-state index in [4.69, 9.17) is 5.11 Å². The lowest BCUT2D eigenvalue weighted by molar-refractivity contribution is -0.138. The first-order valence-corrected chi connectivity index (χ1v) is 7.47. The average Bonchev–Trinajstić information content (AvgIpc) is 3.13. The van der Waals surface area contributed by atoms with Crippen LogP contribution in [0, 0.1) is 5.92 Å². The van der Waals surface area contributed by atoms with E-state index < -0.39 is 5.97 Å². The second kappa shape index (κ2) is 6.25. The molecule has 1 aromatic carbocycles. The van der Waals surface area contributed by atoms with Crippen molar-refractivity contribution in [1.29, 1.82) is 0 Å². The van der Waals surface area contributed by atoms with Crippen molar-refractivity contribution in [3.8, 4) is 0 Å². The summed E-state index contributed by atoms with van der Waals surface area (Å²) in [6.07, 6.45) is 4.56. The molecule has 0 unspecified atom stereocenters. The molecule has 0 saturated heterocycles. The van der Waals surface area contributed by atoms with E-state index in [0.717, 1.165) is 19.0 Å². The molecule has 0 heterocycles. The SMILES string of the molecule is CSc1ccc(CN(CC(=O)O)CC2CC2)cc1. The van der Waals surface area contributed by atoms with E-state index in [9.17, 15) is 4.79 Å². The molecule has 0 atom stereocenters. The van der Waals surface area contributed by atoms with Crippen molar-refractivity contribution < 1.29 is 9.90 Å². The second-order valence-corrected chi connectivity index (χ2v) is 5.73. The summed E-state index contributed by atoms with van der Waals surface area (Å²) in [5.74, 6) is -0.0220. The fourth-order valence-corrected chi connectivity index (χ4v) is 2.44. The summed E-state index contributed by atoms with van der Waals surface area (Å²) in [4.78, 5) is 14.1. The van der Waals surface area contributed by atoms with E-state index in [1.807, 2.05) is 4.90 Å². The second-order valence-electron chi connectivity index (χ2n) is 4.85. The van der Waals surface area contributed by atoms with Crippen LogP contribution in [0.25, 0.3) is 0 Å². The van der Waals surface area contributed by atoms with Crippen LogP contribution in [0.15, 0.2) is 29.2 Å². The van der Waals surface area contributed by atoms with Gasteiger partial charge in [-0.2, -0.15) is 0 Å². The van der Waals surface area contributed by atoms with Crippen LogP contribution in [0.2, 0.25) is 0 Å². The molecule has 1 aliphatic rings. The Kier molecular flexibility index (Phi) is 4.66. The molecular formula is C14H19NO2S. The lowest BCUT2D eigenvalue weighted by Gasteiger charge is -2.20. The third-order valence-corrected chi connectivity index (χ3v) is 3.88. The van der Waals surface area contributed by atoms with E-state index in [1.54, 1.807) is 11.8 Å². The minimum absolute atomic E-state index is 0.140. The van der Waals surface area contributed by atoms with E-state index in [0.29, 0.717) is 0 Å². The molecule has 3 nitrogen and oxygen atoms in total. The summed E-state index contributed by atoms with van der Waals surface area (Å²) in [5.41, 5.74) is 1.19. The Morgan fingerprint density at radius 1 is 1.39 bits per heavy atom. The summed E-state index contributed by atoms with van der Waals surface area (Å²) in [7, 11) is 0. The van der Waals surface area contributed by atoms with Gasteiger partial charge in [0.25, 0.3) is 0 Å². The fourth-order valence-electron chi connectivity index (χ4n) is 2.03. The molecule has 4 heteroatoms. The minimum atomic E-state index is -0.739. The van der Waals surface area contributed by atoms with Crippen molar-refractivity contribution >= 4 is 17.7 Å². The topological polar surface area (TPSA) is 40.5 Å². The molecule has 1 fully saturated rings. The van der Waals surface area contributed by atoms with Gasteiger partial charge in [0, 0.05) is 18.0 Å². The van der Waals surface area contributed by atoms with Gasteiger partial charge < -0.3 is 5.11 Å². The number of aliphatic carboxylic acids is 1. The van der Waals surface area contributed by atoms with Gasteiger partial charge in [0.05, 0.1) is 6.54 Å². The van der Waals surface area contributed by atoms with E-state index in [1.165, 1.54) is 23.3 Å². The highest BCUT2D eigenvalue weighted by atomic mass is 32.2. The molecule has 1 aliphatic carbocycles. The zero-order valence-electron chi connectivity index (χ0n) is 10.6. The Labute approximate surface area is 112 Å². The molecule has 98 valence electrons. The fraction of sp³-hybridized carbons (Fsp3) is 0.500. The van der Waals surface area contributed by atoms with Crippen LogP contribution >= 0.6 is 11.8 Å². The Balaban J connectivity index is 1.94. The van der Waals surface area contributed by atoms with Crippen LogP contribution < -0.4 is 0 Å². The lowest BCUT2D eigenvalue weighted by Crippen LogP contribution is -2.31. The first-order valence-electron chi connectivity index (χ1n) is 6.24. The van der Waals surface area contributed by atoms with Crippen LogP contribution in [-0.4, -0.2) is 35.3 Å². The van der Waals surface area contributed by atoms with Crippen LogP contribution in [0.1, 0.15) is 18.4 Å². The van der Waals surface area contributed by atoms with Crippen molar-refractivity contribution in [2.24, 2.45) is 5.92 Å². The third kappa shape index (κ3) is 4.35. The van der Waals surface area contributed by atoms with E-state index in [-0.39, 0.29) is 6.54 Å². The zero-order chi connectivity index (χ0) is 13.0. The highest BCUT2D eigenvalue weighted by Crippen LogP contribution is 2.30. The number of carbonyl (C=O) groups is 1. The number of nitrogens with zero attached hydrogens (tertiary/aromatic N) is 1. The normalized spacial score (nSPS) is 15.0. The first-order chi connectivity index (χ1) is 8.67. The van der Waals surface area contributed by atoms with Gasteiger partial charge in [-0.1, -0.05) is 12.1 Å². The van der Waals surface area contributed by atoms with Crippen molar-refractivity contribution in [2.45, 2.75) is 24.3 Å². The first kappa shape index (κ1) is 13.4. The number of carboxylic acids is 1. The summed E-state index contributed by atoms with van der Waals surface area (Å²) >= 11 is 1.72. The quantitative estimate of drug-likeness (QED) is 0.770. The van der Waals surface area contributed by atoms with Gasteiger partial charge in [-0.3, -0.25) is 9.69 Å². The van der Waals surface area contributed by atoms with Crippen molar-refractivity contribution in [3.63, 3.8) is 0 Å². The van der Waals surface area contributed by atoms with Gasteiger partial charge in [0.2, 0.25) is 0 Å². The summed E-state index contributed by atoms with van der Waals surface area (Å²) in [5, 5.41) is 8.93. The van der Waals surface area contributed by atoms with Gasteiger partial charge in [0.15, 0.2) is 0 Å². The lowest BCUT2D eigenvalue weighted by atomic mass is 10.2. The van der Waals surface area contributed by atoms with Crippen molar-refractivity contribution in [3.05, 3.63) is 29.8 Å². The number of rotatable bonds is 7. The molecule has 0 spiro atoms. The Hall–Kier alpha value is -1.00. The van der Waals surface area contributed by atoms with Gasteiger partial charge in [-0.05, 0) is 42.7 Å². The standard InChI is InChI=1S/C14H19NO2S/c1-18-13-6-4-12(5-7-13)9-15(10-14(16)17)8-11-2-3-11/h4-7,11H,2-3,8-10H2,1H3,(H,16,17). The summed E-state index contributed by atoms with van der Waals surface area (Å²) < 4.78 is 0. The molecule has 0 aliphatic heterocycles. The van der Waals surface area contributed by atoms with Crippen LogP contribution in [0.4, 0.5) is 0 Å². The average molecular weight is 265 g/mol. The Morgan fingerprint density at radius 2 is 2.06 bits per heavy atom. The molecule has 0 amide bonds. The molecule has 1 N–H and O–H groups in total. The largest absolute Gasteiger partial charge is 0.480 e. The molecule has 0 bridgehead atoms. The van der Waals surface area contributed by atoms with Crippen LogP contribution in [0.3, 0.4) is 0 Å². The van der Waals surface area contributed by atoms with Crippen molar-refractivity contribution in [2.75, 3.05) is 19.3 Å². The summed E-state index contributed by atoms with van der Waals surface area (Å²) in [6.45, 7) is 1.79. The molecule has 0 aromatic heterocycles. The summed E-state index contributed by atoms with van der Waals surface area (Å²) in [6, 6.07) is 8.37. The van der Waals surface area contributed by atoms with E-state index >= 15 is 0 Å². The van der Waals surface area contributed by atoms with Crippen LogP contribution in [0.5, 0.6) is 0 Å². The van der Waals surface area contributed by atoms with Gasteiger partial charge in [-0.25, -0.2) is 0 Å². The monoisotopic (exact) mass is 265 g/mol. The number of hydrogen-bond acceptors (Lipinski definition) is 3. The minimum Gasteiger partial charge on any atom is -0.480 e. The highest BCUT2D eigenvalue weighted by molar-refractivity contribution is 7.98. The molecular weight excluding hydrogens is 246 g/mol. The van der Waals surface area contributed by atoms with Gasteiger partial charge in [0.1, 0.15) is 0 Å². The zero-order valence-corrected chi connectivity index (χ0v) is 11.4. The van der Waals surface area contributed by atoms with E-state index in [2.05, 4.69) is 30.5 Å². The maximum absolute atomic E-state index is 10.9. The highest BCUT2D eigenvalue weighted by Gasteiger charge is 2.25. The van der Waals surface area contributed by atoms with Gasteiger partial charge >= 0.3 is 5.97 Å². The smallest absolute Gasteiger partial charge is 0.317 e. The molecule has 1 aromatic rings. The maximum Gasteiger partial charge on any atom is 0.317 e. The number of carboxylic acid groups (broad SMARTS) is 1. The third-order valence-electron chi connectivity index (χ3n) is 3.14. The maximum atomic E-state index is 10.9. The molecule has 2 rings (SSSR count). The molecule has 18 heavy (non-hydrogen) atoms.